The molecule has 2 aliphatic heterocycles. The number of nitrogens with zero attached hydrogens (tertiary/aromatic N) is 6. The predicted molar refractivity (Wildman–Crippen MR) is 105 cm³/mol. The Morgan fingerprint density at radius 1 is 1.47 bits per heavy atom. The number of imidazole rings is 2. The van der Waals surface area contributed by atoms with Crippen LogP contribution in [0.1, 0.15) is 6.23 Å². The van der Waals surface area contributed by atoms with E-state index in [1.165, 1.54) is 25.0 Å². The smallest absolute Gasteiger partial charge is 0.438 e. The van der Waals surface area contributed by atoms with Crippen molar-refractivity contribution in [3.63, 3.8) is 0 Å². The molecule has 0 amide bonds. The molecule has 2 fully saturated rings. The van der Waals surface area contributed by atoms with Crippen LogP contribution in [0.15, 0.2) is 29.8 Å². The van der Waals surface area contributed by atoms with Crippen LogP contribution in [-0.2, 0) is 18.5 Å². The van der Waals surface area contributed by atoms with E-state index >= 15 is 0 Å². The Hall–Kier alpha value is -2.16. The first-order chi connectivity index (χ1) is 14.3. The van der Waals surface area contributed by atoms with Gasteiger partial charge in [0, 0.05) is 12.4 Å². The number of carbonyl (C=O) groups is 1. The van der Waals surface area contributed by atoms with Crippen molar-refractivity contribution in [1.82, 2.24) is 29.1 Å². The molecule has 2 saturated heterocycles. The third kappa shape index (κ3) is 3.27. The highest BCUT2D eigenvalue weighted by Crippen LogP contribution is 2.59. The molecule has 154 valence electrons. The van der Waals surface area contributed by atoms with Gasteiger partial charge in [-0.2, -0.15) is 9.05 Å². The molecule has 0 aliphatic carbocycles. The molecule has 0 aromatic carbocycles. The van der Waals surface area contributed by atoms with Gasteiger partial charge in [0.15, 0.2) is 40.2 Å². The van der Waals surface area contributed by atoms with E-state index in [0.29, 0.717) is 15.9 Å². The highest BCUT2D eigenvalue weighted by atomic mass is 79.9. The first kappa shape index (κ1) is 19.8. The molecule has 3 N–H and O–H groups in total. The fourth-order valence-electron chi connectivity index (χ4n) is 3.36. The maximum atomic E-state index is 12.6. The van der Waals surface area contributed by atoms with E-state index in [9.17, 15) is 9.69 Å². The number of halogens is 1. The van der Waals surface area contributed by atoms with Crippen molar-refractivity contribution in [2.45, 2.75) is 24.5 Å². The van der Waals surface area contributed by atoms with E-state index in [4.69, 9.17) is 31.8 Å². The summed E-state index contributed by atoms with van der Waals surface area (Å²) in [5.41, 5.74) is 6.58. The molecular weight excluding hydrogens is 484 g/mol. The zero-order valence-electron chi connectivity index (χ0n) is 15.0. The molecule has 3 aromatic rings. The molecule has 30 heavy (non-hydrogen) atoms. The van der Waals surface area contributed by atoms with E-state index in [1.807, 2.05) is 0 Å². The van der Waals surface area contributed by atoms with Crippen molar-refractivity contribution in [3.8, 4) is 0 Å². The summed E-state index contributed by atoms with van der Waals surface area (Å²) in [5, 5.41) is 0. The van der Waals surface area contributed by atoms with E-state index < -0.39 is 38.5 Å². The summed E-state index contributed by atoms with van der Waals surface area (Å²) in [7, 11) is 2.08. The quantitative estimate of drug-likeness (QED) is 0.289. The molecule has 0 saturated carbocycles. The lowest BCUT2D eigenvalue weighted by Gasteiger charge is -2.29. The number of carbonyl (C=O) groups excluding carboxylic acids is 1. The lowest BCUT2D eigenvalue weighted by molar-refractivity contribution is -0.0613. The Morgan fingerprint density at radius 2 is 2.30 bits per heavy atom. The lowest BCUT2D eigenvalue weighted by atomic mass is 10.1. The number of nitrogen functional groups attached to an aromatic ring is 1. The van der Waals surface area contributed by atoms with Crippen LogP contribution in [0.4, 0.5) is 10.6 Å². The minimum Gasteiger partial charge on any atom is -0.438 e. The molecule has 3 aromatic heterocycles. The molecule has 2 unspecified atom stereocenters. The second-order valence-electron chi connectivity index (χ2n) is 6.50. The zero-order chi connectivity index (χ0) is 21.0. The summed E-state index contributed by atoms with van der Waals surface area (Å²) < 4.78 is 25.4. The molecule has 0 bridgehead atoms. The van der Waals surface area contributed by atoms with Gasteiger partial charge in [-0.25, -0.2) is 34.2 Å². The normalized spacial score (nSPS) is 31.0. The Kier molecular flexibility index (Phi) is 4.76. The molecule has 13 nitrogen and oxygen atoms in total. The number of hydrogen-bond acceptors (Lipinski definition) is 11. The third-order valence-electron chi connectivity index (χ3n) is 4.65. The van der Waals surface area contributed by atoms with Crippen LogP contribution < -0.4 is 5.73 Å². The van der Waals surface area contributed by atoms with Crippen molar-refractivity contribution in [3.05, 3.63) is 29.8 Å². The van der Waals surface area contributed by atoms with Gasteiger partial charge in [-0.1, -0.05) is 0 Å². The third-order valence-corrected chi connectivity index (χ3v) is 6.27. The summed E-state index contributed by atoms with van der Waals surface area (Å²) >= 11 is 3.36. The number of rotatable bonds is 2. The maximum Gasteiger partial charge on any atom is 0.488 e. The predicted octanol–water partition coefficient (Wildman–Crippen LogP) is 0.572. The number of ether oxygens (including phenoxy) is 2. The Morgan fingerprint density at radius 3 is 3.07 bits per heavy atom. The zero-order valence-corrected chi connectivity index (χ0v) is 17.5. The average molecular weight is 497 g/mol. The molecule has 5 rings (SSSR count). The van der Waals surface area contributed by atoms with Crippen molar-refractivity contribution in [1.29, 1.82) is 0 Å². The number of nitrogens with two attached hydrogens (primary N) is 1. The van der Waals surface area contributed by atoms with Crippen LogP contribution >= 0.6 is 23.8 Å². The van der Waals surface area contributed by atoms with Crippen LogP contribution in [0, 0.1) is 0 Å². The van der Waals surface area contributed by atoms with Gasteiger partial charge in [0.1, 0.15) is 25.4 Å². The first-order valence-corrected chi connectivity index (χ1v) is 11.0. The van der Waals surface area contributed by atoms with Gasteiger partial charge in [0.2, 0.25) is 0 Å². The SMILES string of the molecule is [B][P+]1(O)OC[C@H]2O[C@@H](n3c(Br)nc4c(N)ncnc43)C(OC(=O)n3ccnc3)[C@H]2O1. The second kappa shape index (κ2) is 7.22. The van der Waals surface area contributed by atoms with Gasteiger partial charge in [-0.05, 0) is 15.9 Å². The Balaban J connectivity index is 1.57. The largest absolute Gasteiger partial charge is 0.488 e. The Bertz CT molecular complexity index is 1110. The fourth-order valence-corrected chi connectivity index (χ4v) is 4.93. The average Bonchev–Trinajstić information content (AvgIpc) is 3.40. The molecule has 0 spiro atoms. The van der Waals surface area contributed by atoms with Gasteiger partial charge in [-0.3, -0.25) is 4.57 Å². The van der Waals surface area contributed by atoms with Gasteiger partial charge in [-0.15, -0.1) is 0 Å². The number of aromatic nitrogens is 6. The molecule has 16 heteroatoms. The van der Waals surface area contributed by atoms with Crippen LogP contribution in [0.3, 0.4) is 0 Å². The molecular formula is C14H13BBrN7O6P+. The summed E-state index contributed by atoms with van der Waals surface area (Å²) in [6, 6.07) is 0. The van der Waals surface area contributed by atoms with E-state index in [1.54, 1.807) is 4.57 Å². The number of fused-ring (bicyclic) bond motifs is 2. The van der Waals surface area contributed by atoms with E-state index in [2.05, 4.69) is 35.9 Å². The minimum absolute atomic E-state index is 0.0531. The van der Waals surface area contributed by atoms with Crippen LogP contribution in [0.5, 0.6) is 0 Å². The summed E-state index contributed by atoms with van der Waals surface area (Å²) in [4.78, 5) is 39.0. The van der Waals surface area contributed by atoms with Crippen LogP contribution in [-0.4, -0.2) is 72.5 Å². The maximum absolute atomic E-state index is 12.6. The fraction of sp³-hybridized carbons (Fsp3) is 0.357. The molecule has 2 aliphatic rings. The Labute approximate surface area is 178 Å². The van der Waals surface area contributed by atoms with Gasteiger partial charge < -0.3 is 15.2 Å². The molecule has 5 heterocycles. The summed E-state index contributed by atoms with van der Waals surface area (Å²) in [5.74, 6) is 0.170. The summed E-state index contributed by atoms with van der Waals surface area (Å²) in [6.45, 7) is -0.0531. The van der Waals surface area contributed by atoms with E-state index in [-0.39, 0.29) is 12.4 Å². The van der Waals surface area contributed by atoms with Crippen LogP contribution in [0.25, 0.3) is 11.2 Å². The van der Waals surface area contributed by atoms with Gasteiger partial charge in [0.25, 0.3) is 0 Å². The summed E-state index contributed by atoms with van der Waals surface area (Å²) in [6.07, 6.45) is 1.15. The first-order valence-electron chi connectivity index (χ1n) is 8.55. The lowest BCUT2D eigenvalue weighted by Crippen LogP contribution is -2.43. The highest BCUT2D eigenvalue weighted by Gasteiger charge is 2.59. The van der Waals surface area contributed by atoms with Crippen molar-refractivity contribution >= 4 is 54.4 Å². The van der Waals surface area contributed by atoms with E-state index in [0.717, 1.165) is 4.57 Å². The topological polar surface area (TPSA) is 162 Å². The standard InChI is InChI=1S/C14H13BBrN7O6P/c15-30(25)26-3-6-8(29-30)9(28-14(24)22-2-1-18-5-22)12(27-6)23-11-7(21-13(23)16)10(17)19-4-20-11/h1-2,4-6,8-9,12,25H,3H2,(H2,17,19,20)/q+1/t6-,8+,9?,12-,30?/m1/s1. The van der Waals surface area contributed by atoms with Gasteiger partial charge in [0.05, 0.1) is 0 Å². The second-order valence-corrected chi connectivity index (χ2v) is 8.80. The monoisotopic (exact) mass is 496 g/mol. The number of anilines is 1. The number of hydrogen-bond donors (Lipinski definition) is 2. The highest BCUT2D eigenvalue weighted by molar-refractivity contribution is 9.10. The van der Waals surface area contributed by atoms with Crippen molar-refractivity contribution in [2.24, 2.45) is 0 Å². The van der Waals surface area contributed by atoms with Crippen molar-refractivity contribution < 1.29 is 28.2 Å². The molecule has 2 radical (unpaired) electrons. The molecule has 5 atom stereocenters. The van der Waals surface area contributed by atoms with Crippen LogP contribution in [0.2, 0.25) is 0 Å². The van der Waals surface area contributed by atoms with Gasteiger partial charge >= 0.3 is 21.5 Å². The van der Waals surface area contributed by atoms with Crippen molar-refractivity contribution in [2.75, 3.05) is 12.3 Å². The minimum atomic E-state index is -3.59.